The molecule has 0 spiro atoms. The summed E-state index contributed by atoms with van der Waals surface area (Å²) < 4.78 is 0. The first-order chi connectivity index (χ1) is 7.47. The molecule has 0 unspecified atom stereocenters. The second-order valence-electron chi connectivity index (χ2n) is 3.16. The van der Waals surface area contributed by atoms with Gasteiger partial charge in [-0.05, 0) is 0 Å². The van der Waals surface area contributed by atoms with Crippen LogP contribution in [0.4, 0.5) is 0 Å². The molecule has 0 bridgehead atoms. The Balaban J connectivity index is 4.45. The molecule has 0 aromatic rings. The van der Waals surface area contributed by atoms with E-state index in [2.05, 4.69) is 0 Å². The highest BCUT2D eigenvalue weighted by Crippen LogP contribution is 2.03. The van der Waals surface area contributed by atoms with Gasteiger partial charge in [-0.2, -0.15) is 0 Å². The summed E-state index contributed by atoms with van der Waals surface area (Å²) in [5.74, 6) is -0.693. The van der Waals surface area contributed by atoms with E-state index < -0.39 is 36.9 Å². The highest BCUT2D eigenvalue weighted by atomic mass is 16.4. The molecule has 8 heteroatoms. The largest absolute Gasteiger partial charge is 0.394 e. The second kappa shape index (κ2) is 7.25. The van der Waals surface area contributed by atoms with Crippen molar-refractivity contribution in [2.24, 2.45) is 5.73 Å². The number of aliphatic hydroxyl groups is 4. The lowest BCUT2D eigenvalue weighted by atomic mass is 10.0. The topological polar surface area (TPSA) is 153 Å². The highest BCUT2D eigenvalue weighted by Gasteiger charge is 2.31. The van der Waals surface area contributed by atoms with Crippen LogP contribution in [0, 0.1) is 0 Å². The van der Waals surface area contributed by atoms with Crippen molar-refractivity contribution in [3.05, 3.63) is 0 Å². The summed E-state index contributed by atoms with van der Waals surface area (Å²) in [7, 11) is 0. The third kappa shape index (κ3) is 4.21. The Bertz CT molecular complexity index is 237. The van der Waals surface area contributed by atoms with Crippen LogP contribution in [0.25, 0.3) is 0 Å². The maximum atomic E-state index is 10.8. The van der Waals surface area contributed by atoms with E-state index in [4.69, 9.17) is 15.9 Å². The van der Waals surface area contributed by atoms with E-state index in [1.54, 1.807) is 0 Å². The second-order valence-corrected chi connectivity index (χ2v) is 3.16. The van der Waals surface area contributed by atoms with Gasteiger partial charge >= 0.3 is 0 Å². The van der Waals surface area contributed by atoms with Crippen LogP contribution in [-0.2, 0) is 9.59 Å². The Morgan fingerprint density at radius 2 is 1.88 bits per heavy atom. The fourth-order valence-electron chi connectivity index (χ4n) is 0.993. The minimum atomic E-state index is -1.75. The zero-order chi connectivity index (χ0) is 12.7. The zero-order valence-electron chi connectivity index (χ0n) is 8.48. The first kappa shape index (κ1) is 14.9. The molecular formula is C8H16N2O6. The van der Waals surface area contributed by atoms with Crippen molar-refractivity contribution < 1.29 is 30.0 Å². The van der Waals surface area contributed by atoms with Crippen LogP contribution >= 0.6 is 0 Å². The van der Waals surface area contributed by atoms with Crippen LogP contribution in [-0.4, -0.2) is 70.1 Å². The number of nitrogens with two attached hydrogens (primary N) is 1. The summed E-state index contributed by atoms with van der Waals surface area (Å²) in [5.41, 5.74) is 4.98. The molecule has 8 nitrogen and oxygen atoms in total. The number of aldehydes is 1. The number of hydrogen-bond acceptors (Lipinski definition) is 7. The lowest BCUT2D eigenvalue weighted by molar-refractivity contribution is -0.130. The van der Waals surface area contributed by atoms with Crippen LogP contribution in [0.2, 0.25) is 0 Å². The van der Waals surface area contributed by atoms with Gasteiger partial charge in [0.1, 0.15) is 30.6 Å². The van der Waals surface area contributed by atoms with Crippen LogP contribution in [0.3, 0.4) is 0 Å². The Morgan fingerprint density at radius 1 is 1.31 bits per heavy atom. The van der Waals surface area contributed by atoms with Crippen molar-refractivity contribution in [1.82, 2.24) is 5.32 Å². The van der Waals surface area contributed by atoms with Gasteiger partial charge in [0, 0.05) is 0 Å². The van der Waals surface area contributed by atoms with Gasteiger partial charge in [0.25, 0.3) is 0 Å². The van der Waals surface area contributed by atoms with Crippen molar-refractivity contribution in [2.75, 3.05) is 13.2 Å². The molecular weight excluding hydrogens is 220 g/mol. The molecule has 7 N–H and O–H groups in total. The molecule has 0 aromatic carbocycles. The van der Waals surface area contributed by atoms with Gasteiger partial charge in [-0.3, -0.25) is 4.79 Å². The Morgan fingerprint density at radius 3 is 2.25 bits per heavy atom. The molecule has 94 valence electrons. The summed E-state index contributed by atoms with van der Waals surface area (Å²) in [5, 5.41) is 38.3. The van der Waals surface area contributed by atoms with Gasteiger partial charge < -0.3 is 36.3 Å². The molecule has 0 aliphatic heterocycles. The van der Waals surface area contributed by atoms with Gasteiger partial charge in [0.05, 0.1) is 13.2 Å². The fraction of sp³-hybridized carbons (Fsp3) is 0.750. The molecule has 0 aromatic heterocycles. The summed E-state index contributed by atoms with van der Waals surface area (Å²) in [6.07, 6.45) is -4.88. The monoisotopic (exact) mass is 236 g/mol. The van der Waals surface area contributed by atoms with Gasteiger partial charge in [-0.15, -0.1) is 0 Å². The average molecular weight is 236 g/mol. The predicted octanol–water partition coefficient (Wildman–Crippen LogP) is -4.30. The minimum absolute atomic E-state index is 0.200. The van der Waals surface area contributed by atoms with Crippen LogP contribution in [0.15, 0.2) is 0 Å². The Kier molecular flexibility index (Phi) is 6.77. The normalized spacial score (nSPS) is 18.3. The number of carbonyl (C=O) groups excluding carboxylic acids is 2. The third-order valence-corrected chi connectivity index (χ3v) is 1.96. The van der Waals surface area contributed by atoms with Crippen molar-refractivity contribution in [3.63, 3.8) is 0 Å². The average Bonchev–Trinajstić information content (AvgIpc) is 2.32. The first-order valence-corrected chi connectivity index (χ1v) is 4.57. The smallest absolute Gasteiger partial charge is 0.234 e. The van der Waals surface area contributed by atoms with Gasteiger partial charge in [0.15, 0.2) is 0 Å². The highest BCUT2D eigenvalue weighted by molar-refractivity contribution is 5.81. The predicted molar refractivity (Wildman–Crippen MR) is 52.2 cm³/mol. The standard InChI is InChI=1S/C8H16N2O6/c9-1-6(14)10-4(2-11)7(15)8(16)5(13)3-12/h2,4-5,7-8,12-13,15-16H,1,3,9H2,(H,10,14)/t4-,5-,7-,8-/m1/s1. The summed E-state index contributed by atoms with van der Waals surface area (Å²) >= 11 is 0. The van der Waals surface area contributed by atoms with Crippen LogP contribution in [0.1, 0.15) is 0 Å². The Hall–Kier alpha value is -1.06. The number of rotatable bonds is 7. The quantitative estimate of drug-likeness (QED) is 0.244. The number of carbonyl (C=O) groups is 2. The summed E-state index contributed by atoms with van der Waals surface area (Å²) in [6.45, 7) is -1.16. The van der Waals surface area contributed by atoms with E-state index in [-0.39, 0.29) is 12.8 Å². The van der Waals surface area contributed by atoms with E-state index in [9.17, 15) is 19.8 Å². The minimum Gasteiger partial charge on any atom is -0.394 e. The van der Waals surface area contributed by atoms with Gasteiger partial charge in [-0.25, -0.2) is 0 Å². The van der Waals surface area contributed by atoms with E-state index in [0.29, 0.717) is 0 Å². The number of hydrogen-bond donors (Lipinski definition) is 6. The molecule has 16 heavy (non-hydrogen) atoms. The zero-order valence-corrected chi connectivity index (χ0v) is 8.48. The lowest BCUT2D eigenvalue weighted by Gasteiger charge is -2.26. The SMILES string of the molecule is NCC(=O)N[C@H](C=O)[C@@H](O)[C@H](O)[C@H](O)CO. The summed E-state index contributed by atoms with van der Waals surface area (Å²) in [4.78, 5) is 21.4. The molecule has 0 fully saturated rings. The Labute approximate surface area is 91.7 Å². The molecule has 1 amide bonds. The van der Waals surface area contributed by atoms with Gasteiger partial charge in [-0.1, -0.05) is 0 Å². The van der Waals surface area contributed by atoms with Crippen molar-refractivity contribution in [3.8, 4) is 0 Å². The molecule has 0 aliphatic carbocycles. The van der Waals surface area contributed by atoms with Crippen molar-refractivity contribution in [2.45, 2.75) is 24.4 Å². The fourth-order valence-corrected chi connectivity index (χ4v) is 0.993. The number of aliphatic hydroxyl groups excluding tert-OH is 4. The lowest BCUT2D eigenvalue weighted by Crippen LogP contribution is -2.54. The molecule has 0 saturated carbocycles. The van der Waals surface area contributed by atoms with E-state index in [0.717, 1.165) is 0 Å². The van der Waals surface area contributed by atoms with Crippen molar-refractivity contribution in [1.29, 1.82) is 0 Å². The van der Waals surface area contributed by atoms with E-state index in [1.165, 1.54) is 0 Å². The molecule has 0 heterocycles. The third-order valence-electron chi connectivity index (χ3n) is 1.96. The number of nitrogens with one attached hydrogen (secondary N) is 1. The van der Waals surface area contributed by atoms with E-state index >= 15 is 0 Å². The van der Waals surface area contributed by atoms with Crippen LogP contribution in [0.5, 0.6) is 0 Å². The van der Waals surface area contributed by atoms with Crippen LogP contribution < -0.4 is 11.1 Å². The van der Waals surface area contributed by atoms with E-state index in [1.807, 2.05) is 5.32 Å². The van der Waals surface area contributed by atoms with Crippen molar-refractivity contribution >= 4 is 12.2 Å². The molecule has 0 saturated heterocycles. The first-order valence-electron chi connectivity index (χ1n) is 4.57. The summed E-state index contributed by atoms with van der Waals surface area (Å²) in [6, 6.07) is -1.40. The maximum Gasteiger partial charge on any atom is 0.234 e. The maximum absolute atomic E-state index is 10.8. The molecule has 0 aliphatic rings. The molecule has 4 atom stereocenters. The number of amides is 1. The molecule has 0 rings (SSSR count). The molecule has 0 radical (unpaired) electrons. The van der Waals surface area contributed by atoms with Gasteiger partial charge in [0.2, 0.25) is 5.91 Å².